The number of carbonyl (C=O) groups is 4. The van der Waals surface area contributed by atoms with Gasteiger partial charge in [-0.1, -0.05) is 43.2 Å². The summed E-state index contributed by atoms with van der Waals surface area (Å²) in [7, 11) is 1.58. The Labute approximate surface area is 231 Å². The van der Waals surface area contributed by atoms with Crippen molar-refractivity contribution in [1.82, 2.24) is 20.7 Å². The molecule has 3 amide bonds. The summed E-state index contributed by atoms with van der Waals surface area (Å²) in [5.74, 6) is -1.77. The van der Waals surface area contributed by atoms with Crippen molar-refractivity contribution in [2.24, 2.45) is 0 Å². The number of carboxylic acids is 1. The van der Waals surface area contributed by atoms with E-state index < -0.39 is 29.9 Å². The van der Waals surface area contributed by atoms with Crippen molar-refractivity contribution in [3.05, 3.63) is 65.4 Å². The fourth-order valence-electron chi connectivity index (χ4n) is 5.21. The number of methoxy groups -OCH3 is 1. The van der Waals surface area contributed by atoms with Gasteiger partial charge in [0.2, 0.25) is 17.7 Å². The summed E-state index contributed by atoms with van der Waals surface area (Å²) in [6, 6.07) is 11.7. The van der Waals surface area contributed by atoms with Gasteiger partial charge in [0.15, 0.2) is 12.1 Å². The number of aromatic amines is 1. The van der Waals surface area contributed by atoms with Crippen LogP contribution in [-0.2, 0) is 25.6 Å². The molecule has 212 valence electrons. The summed E-state index contributed by atoms with van der Waals surface area (Å²) in [6.07, 6.45) is 3.53. The van der Waals surface area contributed by atoms with Crippen molar-refractivity contribution in [3.63, 3.8) is 0 Å². The number of ether oxygens (including phenoxy) is 1. The third kappa shape index (κ3) is 6.42. The molecule has 0 fully saturated rings. The van der Waals surface area contributed by atoms with Gasteiger partial charge in [0, 0.05) is 30.3 Å². The molecule has 1 aliphatic rings. The minimum absolute atomic E-state index is 0.207. The second-order valence-corrected chi connectivity index (χ2v) is 9.81. The number of nitrogens with zero attached hydrogens (tertiary/aromatic N) is 1. The van der Waals surface area contributed by atoms with Gasteiger partial charge in [-0.25, -0.2) is 10.3 Å². The van der Waals surface area contributed by atoms with E-state index in [2.05, 4.69) is 10.3 Å². The Morgan fingerprint density at radius 1 is 1.05 bits per heavy atom. The molecule has 1 aromatic heterocycles. The van der Waals surface area contributed by atoms with Crippen molar-refractivity contribution in [1.29, 1.82) is 0 Å². The largest absolute Gasteiger partial charge is 0.497 e. The second kappa shape index (κ2) is 13.1. The van der Waals surface area contributed by atoms with Crippen LogP contribution in [0.4, 0.5) is 0 Å². The van der Waals surface area contributed by atoms with Crippen LogP contribution >= 0.6 is 0 Å². The average Bonchev–Trinajstić information content (AvgIpc) is 3.34. The Morgan fingerprint density at radius 3 is 2.45 bits per heavy atom. The molecule has 0 aliphatic carbocycles. The molecule has 0 bridgehead atoms. The number of carboxylic acid groups (broad SMARTS) is 1. The number of hydroxylamine groups is 1. The van der Waals surface area contributed by atoms with E-state index in [1.807, 2.05) is 18.2 Å². The third-order valence-electron chi connectivity index (χ3n) is 7.24. The lowest BCUT2D eigenvalue weighted by atomic mass is 9.95. The second-order valence-electron chi connectivity index (χ2n) is 9.81. The van der Waals surface area contributed by atoms with Gasteiger partial charge in [0.05, 0.1) is 12.8 Å². The Kier molecular flexibility index (Phi) is 9.39. The first-order valence-corrected chi connectivity index (χ1v) is 13.3. The fourth-order valence-corrected chi connectivity index (χ4v) is 5.21. The molecule has 11 heteroatoms. The SMILES string of the molecule is COc1ccc2[nH]c3c(c2c1)CCN(C(=O)CCCCCCC(=O)NO)[C@@H]3C(=O)NC(C(=O)O)c1ccccc1. The molecule has 1 aliphatic heterocycles. The summed E-state index contributed by atoms with van der Waals surface area (Å²) < 4.78 is 5.38. The van der Waals surface area contributed by atoms with Crippen molar-refractivity contribution >= 4 is 34.6 Å². The predicted molar refractivity (Wildman–Crippen MR) is 146 cm³/mol. The zero-order chi connectivity index (χ0) is 28.6. The van der Waals surface area contributed by atoms with Gasteiger partial charge < -0.3 is 25.0 Å². The Balaban J connectivity index is 1.57. The molecular formula is C29H34N4O7. The van der Waals surface area contributed by atoms with Crippen LogP contribution in [0.2, 0.25) is 0 Å². The highest BCUT2D eigenvalue weighted by atomic mass is 16.5. The highest BCUT2D eigenvalue weighted by Crippen LogP contribution is 2.37. The maximum atomic E-state index is 13.8. The Hall–Kier alpha value is -4.38. The smallest absolute Gasteiger partial charge is 0.330 e. The van der Waals surface area contributed by atoms with Crippen molar-refractivity contribution in [3.8, 4) is 5.75 Å². The van der Waals surface area contributed by atoms with E-state index >= 15 is 0 Å². The molecule has 0 radical (unpaired) electrons. The molecule has 40 heavy (non-hydrogen) atoms. The zero-order valence-corrected chi connectivity index (χ0v) is 22.3. The van der Waals surface area contributed by atoms with Crippen LogP contribution in [0.25, 0.3) is 10.9 Å². The van der Waals surface area contributed by atoms with E-state index in [1.54, 1.807) is 42.9 Å². The fraction of sp³-hybridized carbons (Fsp3) is 0.379. The minimum atomic E-state index is -1.28. The number of rotatable bonds is 12. The van der Waals surface area contributed by atoms with Gasteiger partial charge in [-0.15, -0.1) is 0 Å². The standard InChI is InChI=1S/C29H34N4O7/c1-40-19-13-14-22-21(17-19)20-15-16-33(24(35)12-8-3-2-7-11-23(34)32-39)27(26(20)30-22)28(36)31-25(29(37)38)18-9-5-4-6-10-18/h4-6,9-10,13-14,17,25,27,30,39H,2-3,7-8,11-12,15-16H2,1H3,(H,31,36)(H,32,34)(H,37,38)/t25?,27-/m0/s1. The van der Waals surface area contributed by atoms with Crippen molar-refractivity contribution in [2.75, 3.05) is 13.7 Å². The van der Waals surface area contributed by atoms with Gasteiger partial charge in [0.1, 0.15) is 5.75 Å². The van der Waals surface area contributed by atoms with Crippen LogP contribution in [0.15, 0.2) is 48.5 Å². The van der Waals surface area contributed by atoms with Gasteiger partial charge in [-0.2, -0.15) is 0 Å². The molecule has 2 atom stereocenters. The first kappa shape index (κ1) is 28.6. The molecule has 0 saturated heterocycles. The van der Waals surface area contributed by atoms with Crippen molar-refractivity contribution in [2.45, 2.75) is 57.0 Å². The number of H-pyrrole nitrogens is 1. The molecule has 0 spiro atoms. The molecule has 11 nitrogen and oxygen atoms in total. The van der Waals surface area contributed by atoms with Gasteiger partial charge in [-0.3, -0.25) is 19.6 Å². The normalized spacial score (nSPS) is 15.2. The maximum absolute atomic E-state index is 13.8. The molecule has 5 N–H and O–H groups in total. The number of nitrogens with one attached hydrogen (secondary N) is 3. The Bertz CT molecular complexity index is 1370. The van der Waals surface area contributed by atoms with Gasteiger partial charge in [0.25, 0.3) is 0 Å². The molecule has 3 aromatic rings. The number of amides is 3. The lowest BCUT2D eigenvalue weighted by Crippen LogP contribution is -2.48. The number of benzene rings is 2. The summed E-state index contributed by atoms with van der Waals surface area (Å²) in [6.45, 7) is 0.299. The lowest BCUT2D eigenvalue weighted by molar-refractivity contribution is -0.145. The molecule has 2 heterocycles. The lowest BCUT2D eigenvalue weighted by Gasteiger charge is -2.35. The maximum Gasteiger partial charge on any atom is 0.330 e. The quantitative estimate of drug-likeness (QED) is 0.131. The monoisotopic (exact) mass is 550 g/mol. The van der Waals surface area contributed by atoms with Crippen LogP contribution in [0, 0.1) is 0 Å². The van der Waals surface area contributed by atoms with Crippen LogP contribution in [0.5, 0.6) is 5.75 Å². The highest BCUT2D eigenvalue weighted by molar-refractivity contribution is 5.95. The van der Waals surface area contributed by atoms with E-state index in [1.165, 1.54) is 4.90 Å². The molecule has 1 unspecified atom stereocenters. The van der Waals surface area contributed by atoms with E-state index in [-0.39, 0.29) is 18.7 Å². The number of fused-ring (bicyclic) bond motifs is 3. The van der Waals surface area contributed by atoms with Crippen LogP contribution in [-0.4, -0.2) is 57.5 Å². The first-order chi connectivity index (χ1) is 19.3. The predicted octanol–water partition coefficient (Wildman–Crippen LogP) is 3.39. The molecular weight excluding hydrogens is 516 g/mol. The van der Waals surface area contributed by atoms with Crippen LogP contribution < -0.4 is 15.5 Å². The first-order valence-electron chi connectivity index (χ1n) is 13.3. The summed E-state index contributed by atoms with van der Waals surface area (Å²) in [5, 5.41) is 22.0. The summed E-state index contributed by atoms with van der Waals surface area (Å²) >= 11 is 0. The van der Waals surface area contributed by atoms with Gasteiger partial charge >= 0.3 is 5.97 Å². The number of hydrogen-bond acceptors (Lipinski definition) is 6. The molecule has 4 rings (SSSR count). The van der Waals surface area contributed by atoms with Gasteiger partial charge in [-0.05, 0) is 48.6 Å². The van der Waals surface area contributed by atoms with E-state index in [0.717, 1.165) is 22.9 Å². The summed E-state index contributed by atoms with van der Waals surface area (Å²) in [5.41, 5.74) is 4.28. The van der Waals surface area contributed by atoms with E-state index in [9.17, 15) is 24.3 Å². The highest BCUT2D eigenvalue weighted by Gasteiger charge is 2.39. The number of carbonyl (C=O) groups excluding carboxylic acids is 3. The number of unbranched alkanes of at least 4 members (excludes halogenated alkanes) is 3. The molecule has 0 saturated carbocycles. The molecule has 2 aromatic carbocycles. The van der Waals surface area contributed by atoms with E-state index in [4.69, 9.17) is 9.94 Å². The number of aliphatic carboxylic acids is 1. The Morgan fingerprint density at radius 2 is 1.77 bits per heavy atom. The number of aromatic nitrogens is 1. The van der Waals surface area contributed by atoms with Crippen LogP contribution in [0.3, 0.4) is 0 Å². The number of hydrogen-bond donors (Lipinski definition) is 5. The van der Waals surface area contributed by atoms with Crippen LogP contribution in [0.1, 0.15) is 67.4 Å². The van der Waals surface area contributed by atoms with E-state index in [0.29, 0.717) is 49.2 Å². The zero-order valence-electron chi connectivity index (χ0n) is 22.3. The average molecular weight is 551 g/mol. The van der Waals surface area contributed by atoms with Crippen molar-refractivity contribution < 1.29 is 34.2 Å². The third-order valence-corrected chi connectivity index (χ3v) is 7.24. The minimum Gasteiger partial charge on any atom is -0.497 e. The summed E-state index contributed by atoms with van der Waals surface area (Å²) in [4.78, 5) is 55.3. The topological polar surface area (TPSA) is 161 Å².